The van der Waals surface area contributed by atoms with E-state index in [0.717, 1.165) is 22.0 Å². The average Bonchev–Trinajstić information content (AvgIpc) is 3.27. The number of aromatic nitrogens is 1. The van der Waals surface area contributed by atoms with E-state index in [2.05, 4.69) is 10.3 Å². The van der Waals surface area contributed by atoms with Gasteiger partial charge >= 0.3 is 0 Å². The van der Waals surface area contributed by atoms with E-state index in [1.807, 2.05) is 54.8 Å². The molecule has 0 spiro atoms. The summed E-state index contributed by atoms with van der Waals surface area (Å²) in [7, 11) is 0. The summed E-state index contributed by atoms with van der Waals surface area (Å²) in [4.78, 5) is 16.6. The van der Waals surface area contributed by atoms with Crippen LogP contribution in [0.15, 0.2) is 58.5 Å². The number of carbonyl (C=O) groups is 1. The van der Waals surface area contributed by atoms with Crippen molar-refractivity contribution in [2.75, 3.05) is 5.75 Å². The lowest BCUT2D eigenvalue weighted by Crippen LogP contribution is -2.28. The van der Waals surface area contributed by atoms with Gasteiger partial charge in [-0.25, -0.2) is 4.98 Å². The summed E-state index contributed by atoms with van der Waals surface area (Å²) < 4.78 is 5.34. The van der Waals surface area contributed by atoms with E-state index in [-0.39, 0.29) is 11.9 Å². The van der Waals surface area contributed by atoms with Crippen LogP contribution in [-0.4, -0.2) is 16.6 Å². The summed E-state index contributed by atoms with van der Waals surface area (Å²) in [5.74, 6) is 1.96. The molecule has 1 N–H and O–H groups in total. The van der Waals surface area contributed by atoms with Crippen LogP contribution in [0.2, 0.25) is 0 Å². The van der Waals surface area contributed by atoms with E-state index >= 15 is 0 Å². The first-order valence-corrected chi connectivity index (χ1v) is 9.66. The molecule has 24 heavy (non-hydrogen) atoms. The highest BCUT2D eigenvalue weighted by Crippen LogP contribution is 2.25. The first-order valence-electron chi connectivity index (χ1n) is 7.62. The Balaban J connectivity index is 1.44. The molecule has 0 saturated carbocycles. The number of nitrogens with one attached hydrogen (secondary N) is 1. The van der Waals surface area contributed by atoms with Gasteiger partial charge in [-0.05, 0) is 24.6 Å². The Labute approximate surface area is 149 Å². The Hall–Kier alpha value is -2.05. The molecule has 2 aromatic heterocycles. The second kappa shape index (κ2) is 8.17. The fourth-order valence-electron chi connectivity index (χ4n) is 2.24. The summed E-state index contributed by atoms with van der Waals surface area (Å²) in [5, 5.41) is 5.90. The molecule has 1 aromatic carbocycles. The highest BCUT2D eigenvalue weighted by Gasteiger charge is 2.11. The van der Waals surface area contributed by atoms with Gasteiger partial charge < -0.3 is 9.73 Å². The molecule has 0 radical (unpaired) electrons. The maximum absolute atomic E-state index is 12.0. The van der Waals surface area contributed by atoms with Crippen LogP contribution in [0.5, 0.6) is 0 Å². The van der Waals surface area contributed by atoms with Crippen molar-refractivity contribution in [3.05, 3.63) is 65.4 Å². The van der Waals surface area contributed by atoms with Gasteiger partial charge in [-0.2, -0.15) is 0 Å². The lowest BCUT2D eigenvalue weighted by atomic mass is 10.1. The van der Waals surface area contributed by atoms with Gasteiger partial charge in [0.05, 0.1) is 23.8 Å². The van der Waals surface area contributed by atoms with Gasteiger partial charge in [-0.3, -0.25) is 4.79 Å². The van der Waals surface area contributed by atoms with Crippen molar-refractivity contribution in [1.29, 1.82) is 0 Å². The number of amides is 1. The molecular formula is C18H18N2O2S2. The van der Waals surface area contributed by atoms with Crippen molar-refractivity contribution in [1.82, 2.24) is 10.3 Å². The van der Waals surface area contributed by atoms with Crippen molar-refractivity contribution in [2.24, 2.45) is 0 Å². The second-order valence-corrected chi connectivity index (χ2v) is 7.16. The molecule has 1 amide bonds. The number of rotatable bonds is 7. The van der Waals surface area contributed by atoms with Crippen molar-refractivity contribution in [3.8, 4) is 10.8 Å². The highest BCUT2D eigenvalue weighted by molar-refractivity contribution is 7.99. The van der Waals surface area contributed by atoms with E-state index in [1.165, 1.54) is 0 Å². The van der Waals surface area contributed by atoms with Gasteiger partial charge in [-0.15, -0.1) is 23.1 Å². The molecule has 124 valence electrons. The van der Waals surface area contributed by atoms with E-state index in [9.17, 15) is 4.79 Å². The van der Waals surface area contributed by atoms with Gasteiger partial charge in [0.2, 0.25) is 5.91 Å². The van der Waals surface area contributed by atoms with Crippen LogP contribution in [-0.2, 0) is 10.5 Å². The molecule has 1 atom stereocenters. The van der Waals surface area contributed by atoms with Gasteiger partial charge in [0, 0.05) is 11.1 Å². The van der Waals surface area contributed by atoms with E-state index in [1.54, 1.807) is 29.4 Å². The second-order valence-electron chi connectivity index (χ2n) is 5.31. The van der Waals surface area contributed by atoms with Gasteiger partial charge in [-0.1, -0.05) is 30.3 Å². The lowest BCUT2D eigenvalue weighted by Gasteiger charge is -2.13. The molecule has 2 heterocycles. The van der Waals surface area contributed by atoms with Crippen LogP contribution in [0.3, 0.4) is 0 Å². The van der Waals surface area contributed by atoms with Gasteiger partial charge in [0.25, 0.3) is 0 Å². The first-order chi connectivity index (χ1) is 11.7. The van der Waals surface area contributed by atoms with Crippen LogP contribution in [0.4, 0.5) is 0 Å². The fourth-order valence-corrected chi connectivity index (χ4v) is 3.86. The van der Waals surface area contributed by atoms with Gasteiger partial charge in [0.1, 0.15) is 0 Å². The van der Waals surface area contributed by atoms with Crippen LogP contribution >= 0.6 is 23.1 Å². The summed E-state index contributed by atoms with van der Waals surface area (Å²) >= 11 is 3.12. The summed E-state index contributed by atoms with van der Waals surface area (Å²) in [6, 6.07) is 13.7. The summed E-state index contributed by atoms with van der Waals surface area (Å²) in [6.45, 7) is 1.99. The summed E-state index contributed by atoms with van der Waals surface area (Å²) in [6.07, 6.45) is 1.64. The standard InChI is InChI=1S/C18H18N2O2S2/c1-13(14-6-3-2-4-7-14)19-17(21)12-23-10-15-11-24-18(20-15)16-8-5-9-22-16/h2-9,11,13H,10,12H2,1H3,(H,19,21). The Bertz CT molecular complexity index is 769. The number of carbonyl (C=O) groups excluding carboxylic acids is 1. The number of hydrogen-bond donors (Lipinski definition) is 1. The predicted octanol–water partition coefficient (Wildman–Crippen LogP) is 4.51. The number of hydrogen-bond acceptors (Lipinski definition) is 5. The molecule has 0 bridgehead atoms. The number of thiazole rings is 1. The molecule has 0 aliphatic carbocycles. The third kappa shape index (κ3) is 4.49. The van der Waals surface area contributed by atoms with Crippen LogP contribution < -0.4 is 5.32 Å². The molecule has 0 aliphatic rings. The Kier molecular flexibility index (Phi) is 5.72. The van der Waals surface area contributed by atoms with Crippen molar-refractivity contribution < 1.29 is 9.21 Å². The maximum Gasteiger partial charge on any atom is 0.230 e. The average molecular weight is 358 g/mol. The predicted molar refractivity (Wildman–Crippen MR) is 99.0 cm³/mol. The zero-order chi connectivity index (χ0) is 16.8. The van der Waals surface area contributed by atoms with Gasteiger partial charge in [0.15, 0.2) is 10.8 Å². The molecule has 0 fully saturated rings. The van der Waals surface area contributed by atoms with Crippen molar-refractivity contribution >= 4 is 29.0 Å². The molecular weight excluding hydrogens is 340 g/mol. The van der Waals surface area contributed by atoms with Crippen LogP contribution in [0, 0.1) is 0 Å². The number of nitrogens with zero attached hydrogens (tertiary/aromatic N) is 1. The zero-order valence-electron chi connectivity index (χ0n) is 13.3. The molecule has 4 nitrogen and oxygen atoms in total. The Morgan fingerprint density at radius 2 is 2.12 bits per heavy atom. The Morgan fingerprint density at radius 1 is 1.29 bits per heavy atom. The molecule has 0 aliphatic heterocycles. The topological polar surface area (TPSA) is 55.1 Å². The minimum atomic E-state index is 0.0177. The molecule has 3 rings (SSSR count). The van der Waals surface area contributed by atoms with E-state index in [4.69, 9.17) is 4.42 Å². The smallest absolute Gasteiger partial charge is 0.230 e. The third-order valence-electron chi connectivity index (χ3n) is 3.44. The largest absolute Gasteiger partial charge is 0.462 e. The normalized spacial score (nSPS) is 12.0. The van der Waals surface area contributed by atoms with Crippen molar-refractivity contribution in [2.45, 2.75) is 18.7 Å². The minimum absolute atomic E-state index is 0.0177. The monoisotopic (exact) mass is 358 g/mol. The SMILES string of the molecule is CC(NC(=O)CSCc1csc(-c2ccco2)n1)c1ccccc1. The molecule has 1 unspecified atom stereocenters. The third-order valence-corrected chi connectivity index (χ3v) is 5.32. The van der Waals surface area contributed by atoms with E-state index < -0.39 is 0 Å². The van der Waals surface area contributed by atoms with Crippen LogP contribution in [0.25, 0.3) is 10.8 Å². The van der Waals surface area contributed by atoms with Crippen LogP contribution in [0.1, 0.15) is 24.2 Å². The quantitative estimate of drug-likeness (QED) is 0.675. The molecule has 6 heteroatoms. The number of thioether (sulfide) groups is 1. The fraction of sp³-hybridized carbons (Fsp3) is 0.222. The molecule has 0 saturated heterocycles. The van der Waals surface area contributed by atoms with Crippen molar-refractivity contribution in [3.63, 3.8) is 0 Å². The lowest BCUT2D eigenvalue weighted by molar-refractivity contribution is -0.119. The Morgan fingerprint density at radius 3 is 2.88 bits per heavy atom. The number of furan rings is 1. The maximum atomic E-state index is 12.0. The number of benzene rings is 1. The highest BCUT2D eigenvalue weighted by atomic mass is 32.2. The minimum Gasteiger partial charge on any atom is -0.462 e. The summed E-state index contributed by atoms with van der Waals surface area (Å²) in [5.41, 5.74) is 2.08. The zero-order valence-corrected chi connectivity index (χ0v) is 14.9. The molecule has 3 aromatic rings. The first kappa shape index (κ1) is 16.8. The van der Waals surface area contributed by atoms with E-state index in [0.29, 0.717) is 11.5 Å².